The van der Waals surface area contributed by atoms with Crippen molar-refractivity contribution >= 4 is 0 Å². The van der Waals surface area contributed by atoms with Crippen molar-refractivity contribution < 1.29 is 0 Å². The highest BCUT2D eigenvalue weighted by Crippen LogP contribution is 2.12. The van der Waals surface area contributed by atoms with Gasteiger partial charge in [0.05, 0.1) is 0 Å². The van der Waals surface area contributed by atoms with Crippen LogP contribution in [0.2, 0.25) is 0 Å². The summed E-state index contributed by atoms with van der Waals surface area (Å²) in [6.45, 7) is 4.43. The predicted octanol–water partition coefficient (Wildman–Crippen LogP) is 2.59. The SMILES string of the molecule is CCC(C)C1=CC=CC=CN1. The molecule has 1 heteroatoms. The average molecular weight is 149 g/mol. The molecule has 0 aromatic carbocycles. The highest BCUT2D eigenvalue weighted by atomic mass is 14.9. The lowest BCUT2D eigenvalue weighted by Crippen LogP contribution is -2.11. The second-order valence-electron chi connectivity index (χ2n) is 2.82. The Bertz CT molecular complexity index is 199. The maximum Gasteiger partial charge on any atom is 0.0175 e. The van der Waals surface area contributed by atoms with Gasteiger partial charge in [-0.05, 0) is 24.5 Å². The highest BCUT2D eigenvalue weighted by Gasteiger charge is 2.03. The monoisotopic (exact) mass is 149 g/mol. The molecule has 0 fully saturated rings. The number of hydrogen-bond donors (Lipinski definition) is 1. The van der Waals surface area contributed by atoms with Crippen LogP contribution in [-0.2, 0) is 0 Å². The highest BCUT2D eigenvalue weighted by molar-refractivity contribution is 5.22. The first kappa shape index (κ1) is 8.12. The Morgan fingerprint density at radius 1 is 1.36 bits per heavy atom. The Balaban J connectivity index is 2.64. The molecule has 0 amide bonds. The van der Waals surface area contributed by atoms with Crippen molar-refractivity contribution in [3.05, 3.63) is 36.2 Å². The summed E-state index contributed by atoms with van der Waals surface area (Å²) in [7, 11) is 0. The molecule has 1 N–H and O–H groups in total. The first-order valence-corrected chi connectivity index (χ1v) is 4.14. The molecule has 0 aliphatic carbocycles. The molecule has 1 aliphatic heterocycles. The van der Waals surface area contributed by atoms with Gasteiger partial charge in [-0.3, -0.25) is 0 Å². The topological polar surface area (TPSA) is 12.0 Å². The summed E-state index contributed by atoms with van der Waals surface area (Å²) in [5.74, 6) is 0.627. The molecule has 60 valence electrons. The van der Waals surface area contributed by atoms with E-state index in [9.17, 15) is 0 Å². The van der Waals surface area contributed by atoms with Crippen molar-refractivity contribution in [3.63, 3.8) is 0 Å². The molecule has 0 radical (unpaired) electrons. The summed E-state index contributed by atoms with van der Waals surface area (Å²) < 4.78 is 0. The van der Waals surface area contributed by atoms with E-state index in [4.69, 9.17) is 0 Å². The van der Waals surface area contributed by atoms with Gasteiger partial charge in [0, 0.05) is 11.9 Å². The fourth-order valence-electron chi connectivity index (χ4n) is 0.998. The Hall–Kier alpha value is -0.980. The van der Waals surface area contributed by atoms with Crippen LogP contribution in [0.4, 0.5) is 0 Å². The number of rotatable bonds is 2. The second-order valence-corrected chi connectivity index (χ2v) is 2.82. The van der Waals surface area contributed by atoms with Crippen molar-refractivity contribution in [1.29, 1.82) is 0 Å². The quantitative estimate of drug-likeness (QED) is 0.636. The minimum absolute atomic E-state index is 0.627. The lowest BCUT2D eigenvalue weighted by atomic mass is 10.0. The summed E-state index contributed by atoms with van der Waals surface area (Å²) in [6.07, 6.45) is 11.4. The van der Waals surface area contributed by atoms with Gasteiger partial charge >= 0.3 is 0 Å². The summed E-state index contributed by atoms with van der Waals surface area (Å²) in [4.78, 5) is 0. The largest absolute Gasteiger partial charge is 0.365 e. The molecule has 0 saturated heterocycles. The van der Waals surface area contributed by atoms with Crippen molar-refractivity contribution in [1.82, 2.24) is 5.32 Å². The molecule has 1 unspecified atom stereocenters. The van der Waals surface area contributed by atoms with Gasteiger partial charge in [-0.15, -0.1) is 0 Å². The van der Waals surface area contributed by atoms with Crippen LogP contribution in [-0.4, -0.2) is 0 Å². The molecule has 11 heavy (non-hydrogen) atoms. The lowest BCUT2D eigenvalue weighted by molar-refractivity contribution is 0.622. The Morgan fingerprint density at radius 3 is 2.91 bits per heavy atom. The molecular formula is C10H15N. The van der Waals surface area contributed by atoms with Gasteiger partial charge in [0.15, 0.2) is 0 Å². The first-order chi connectivity index (χ1) is 5.34. The van der Waals surface area contributed by atoms with Gasteiger partial charge in [0.2, 0.25) is 0 Å². The Labute approximate surface area is 68.5 Å². The first-order valence-electron chi connectivity index (χ1n) is 4.14. The molecule has 0 aromatic rings. The van der Waals surface area contributed by atoms with E-state index in [2.05, 4.69) is 31.3 Å². The van der Waals surface area contributed by atoms with Gasteiger partial charge in [-0.2, -0.15) is 0 Å². The van der Waals surface area contributed by atoms with Crippen LogP contribution < -0.4 is 5.32 Å². The molecule has 1 atom stereocenters. The summed E-state index contributed by atoms with van der Waals surface area (Å²) in [5, 5.41) is 3.25. The normalized spacial score (nSPS) is 18.5. The lowest BCUT2D eigenvalue weighted by Gasteiger charge is -2.12. The number of hydrogen-bond acceptors (Lipinski definition) is 1. The van der Waals surface area contributed by atoms with Crippen LogP contribution in [0.3, 0.4) is 0 Å². The second kappa shape index (κ2) is 4.02. The van der Waals surface area contributed by atoms with E-state index in [1.54, 1.807) is 0 Å². The van der Waals surface area contributed by atoms with Crippen molar-refractivity contribution in [2.75, 3.05) is 0 Å². The summed E-state index contributed by atoms with van der Waals surface area (Å²) in [6, 6.07) is 0. The standard InChI is InChI=1S/C10H15N/c1-3-9(2)10-7-5-4-6-8-11-10/h4-9,11H,3H2,1-2H3. The maximum absolute atomic E-state index is 3.25. The fraction of sp³-hybridized carbons (Fsp3) is 0.400. The third-order valence-corrected chi connectivity index (χ3v) is 1.99. The smallest absolute Gasteiger partial charge is 0.0175 e. The molecule has 0 saturated carbocycles. The van der Waals surface area contributed by atoms with Gasteiger partial charge in [0.25, 0.3) is 0 Å². The third kappa shape index (κ3) is 2.26. The van der Waals surface area contributed by atoms with Crippen LogP contribution in [0, 0.1) is 5.92 Å². The zero-order chi connectivity index (χ0) is 8.10. The van der Waals surface area contributed by atoms with E-state index in [1.807, 2.05) is 18.4 Å². The molecule has 1 heterocycles. The molecule has 1 aliphatic rings. The van der Waals surface area contributed by atoms with E-state index in [0.717, 1.165) is 0 Å². The van der Waals surface area contributed by atoms with E-state index in [1.165, 1.54) is 12.1 Å². The third-order valence-electron chi connectivity index (χ3n) is 1.99. The number of nitrogens with one attached hydrogen (secondary N) is 1. The minimum atomic E-state index is 0.627. The Morgan fingerprint density at radius 2 is 2.18 bits per heavy atom. The maximum atomic E-state index is 3.25. The fourth-order valence-corrected chi connectivity index (χ4v) is 0.998. The van der Waals surface area contributed by atoms with Crippen molar-refractivity contribution in [2.45, 2.75) is 20.3 Å². The predicted molar refractivity (Wildman–Crippen MR) is 49.0 cm³/mol. The van der Waals surface area contributed by atoms with E-state index >= 15 is 0 Å². The molecule has 1 rings (SSSR count). The molecule has 0 bridgehead atoms. The molecule has 0 aromatic heterocycles. The van der Waals surface area contributed by atoms with E-state index in [-0.39, 0.29) is 0 Å². The Kier molecular flexibility index (Phi) is 2.96. The van der Waals surface area contributed by atoms with Crippen LogP contribution in [0.5, 0.6) is 0 Å². The van der Waals surface area contributed by atoms with Gasteiger partial charge in [0.1, 0.15) is 0 Å². The zero-order valence-corrected chi connectivity index (χ0v) is 7.17. The van der Waals surface area contributed by atoms with Gasteiger partial charge in [-0.25, -0.2) is 0 Å². The van der Waals surface area contributed by atoms with Crippen LogP contribution in [0.25, 0.3) is 0 Å². The minimum Gasteiger partial charge on any atom is -0.365 e. The molecular weight excluding hydrogens is 134 g/mol. The number of allylic oxidation sites excluding steroid dienone is 5. The average Bonchev–Trinajstić information content (AvgIpc) is 2.30. The zero-order valence-electron chi connectivity index (χ0n) is 7.17. The van der Waals surface area contributed by atoms with Crippen molar-refractivity contribution in [3.8, 4) is 0 Å². The van der Waals surface area contributed by atoms with E-state index < -0.39 is 0 Å². The molecule has 0 spiro atoms. The van der Waals surface area contributed by atoms with Crippen LogP contribution in [0.1, 0.15) is 20.3 Å². The summed E-state index contributed by atoms with van der Waals surface area (Å²) in [5.41, 5.74) is 1.30. The molecule has 1 nitrogen and oxygen atoms in total. The van der Waals surface area contributed by atoms with Crippen LogP contribution in [0.15, 0.2) is 36.2 Å². The van der Waals surface area contributed by atoms with Crippen LogP contribution >= 0.6 is 0 Å². The van der Waals surface area contributed by atoms with E-state index in [0.29, 0.717) is 5.92 Å². The van der Waals surface area contributed by atoms with Gasteiger partial charge < -0.3 is 5.32 Å². The van der Waals surface area contributed by atoms with Gasteiger partial charge in [-0.1, -0.05) is 26.0 Å². The van der Waals surface area contributed by atoms with Crippen molar-refractivity contribution in [2.24, 2.45) is 5.92 Å². The summed E-state index contributed by atoms with van der Waals surface area (Å²) >= 11 is 0.